The summed E-state index contributed by atoms with van der Waals surface area (Å²) >= 11 is 0. The van der Waals surface area contributed by atoms with E-state index < -0.39 is 0 Å². The van der Waals surface area contributed by atoms with Gasteiger partial charge in [0.1, 0.15) is 12.2 Å². The third-order valence-electron chi connectivity index (χ3n) is 2.97. The van der Waals surface area contributed by atoms with Crippen LogP contribution in [0.25, 0.3) is 0 Å². The van der Waals surface area contributed by atoms with Gasteiger partial charge >= 0.3 is 0 Å². The highest BCUT2D eigenvalue weighted by Crippen LogP contribution is 2.18. The standard InChI is InChI=1S/C13H24N6.HI/c1-4-12-18-15-9-19(12)8-7-14-13(16-10(2)3)17-11-5-6-11;/h9-11H,4-8H2,1-3H3,(H2,14,16,17);1H. The lowest BCUT2D eigenvalue weighted by molar-refractivity contribution is 0.651. The summed E-state index contributed by atoms with van der Waals surface area (Å²) in [5.74, 6) is 1.94. The number of halogens is 1. The number of aliphatic imine (C=N–C) groups is 1. The minimum Gasteiger partial charge on any atom is -0.354 e. The summed E-state index contributed by atoms with van der Waals surface area (Å²) in [5.41, 5.74) is 0. The van der Waals surface area contributed by atoms with E-state index >= 15 is 0 Å². The smallest absolute Gasteiger partial charge is 0.191 e. The van der Waals surface area contributed by atoms with Crippen LogP contribution in [-0.4, -0.2) is 39.4 Å². The Kier molecular flexibility index (Phi) is 7.25. The molecule has 0 radical (unpaired) electrons. The Morgan fingerprint density at radius 2 is 2.25 bits per heavy atom. The molecular formula is C13H25IN6. The van der Waals surface area contributed by atoms with Crippen molar-refractivity contribution in [2.45, 2.75) is 58.7 Å². The molecule has 2 rings (SSSR count). The van der Waals surface area contributed by atoms with Crippen molar-refractivity contribution in [2.75, 3.05) is 6.54 Å². The van der Waals surface area contributed by atoms with Crippen molar-refractivity contribution in [2.24, 2.45) is 4.99 Å². The largest absolute Gasteiger partial charge is 0.354 e. The molecule has 0 atom stereocenters. The maximum absolute atomic E-state index is 4.61. The van der Waals surface area contributed by atoms with Gasteiger partial charge in [0.2, 0.25) is 0 Å². The molecule has 0 unspecified atom stereocenters. The number of hydrogen-bond acceptors (Lipinski definition) is 3. The number of hydrogen-bond donors (Lipinski definition) is 2. The lowest BCUT2D eigenvalue weighted by atomic mass is 10.4. The van der Waals surface area contributed by atoms with Crippen molar-refractivity contribution in [3.05, 3.63) is 12.2 Å². The van der Waals surface area contributed by atoms with Crippen LogP contribution in [0.15, 0.2) is 11.3 Å². The summed E-state index contributed by atoms with van der Waals surface area (Å²) in [6.07, 6.45) is 5.19. The lowest BCUT2D eigenvalue weighted by Crippen LogP contribution is -2.42. The molecule has 1 saturated carbocycles. The number of aryl methyl sites for hydroxylation is 1. The topological polar surface area (TPSA) is 67.1 Å². The average molecular weight is 392 g/mol. The van der Waals surface area contributed by atoms with Crippen LogP contribution in [0.5, 0.6) is 0 Å². The zero-order valence-electron chi connectivity index (χ0n) is 12.5. The van der Waals surface area contributed by atoms with Crippen molar-refractivity contribution in [1.82, 2.24) is 25.4 Å². The van der Waals surface area contributed by atoms with Crippen LogP contribution < -0.4 is 10.6 Å². The van der Waals surface area contributed by atoms with Crippen molar-refractivity contribution in [3.8, 4) is 0 Å². The van der Waals surface area contributed by atoms with E-state index in [1.165, 1.54) is 12.8 Å². The third kappa shape index (κ3) is 5.64. The van der Waals surface area contributed by atoms with Gasteiger partial charge in [0.15, 0.2) is 5.96 Å². The molecule has 0 aromatic carbocycles. The zero-order chi connectivity index (χ0) is 13.7. The first-order chi connectivity index (χ1) is 9.19. The highest BCUT2D eigenvalue weighted by molar-refractivity contribution is 14.0. The van der Waals surface area contributed by atoms with Gasteiger partial charge in [-0.2, -0.15) is 0 Å². The van der Waals surface area contributed by atoms with Gasteiger partial charge in [0.05, 0.1) is 6.54 Å². The highest BCUT2D eigenvalue weighted by atomic mass is 127. The van der Waals surface area contributed by atoms with E-state index in [0.29, 0.717) is 12.1 Å². The molecule has 0 spiro atoms. The Bertz CT molecular complexity index is 418. The second-order valence-electron chi connectivity index (χ2n) is 5.24. The summed E-state index contributed by atoms with van der Waals surface area (Å²) in [6, 6.07) is 1.01. The summed E-state index contributed by atoms with van der Waals surface area (Å²) in [4.78, 5) is 4.61. The fourth-order valence-corrected chi connectivity index (χ4v) is 1.84. The van der Waals surface area contributed by atoms with E-state index in [1.54, 1.807) is 6.33 Å². The minimum absolute atomic E-state index is 0. The minimum atomic E-state index is 0. The van der Waals surface area contributed by atoms with Crippen LogP contribution in [0.3, 0.4) is 0 Å². The van der Waals surface area contributed by atoms with Gasteiger partial charge in [-0.05, 0) is 26.7 Å². The number of aromatic nitrogens is 3. The van der Waals surface area contributed by atoms with Crippen LogP contribution in [-0.2, 0) is 13.0 Å². The van der Waals surface area contributed by atoms with E-state index in [2.05, 4.69) is 51.2 Å². The summed E-state index contributed by atoms with van der Waals surface area (Å²) in [5, 5.41) is 14.8. The summed E-state index contributed by atoms with van der Waals surface area (Å²) in [6.45, 7) is 7.90. The van der Waals surface area contributed by atoms with Gasteiger partial charge < -0.3 is 15.2 Å². The quantitative estimate of drug-likeness (QED) is 0.438. The summed E-state index contributed by atoms with van der Waals surface area (Å²) < 4.78 is 2.06. The molecule has 1 aliphatic rings. The number of nitrogens with one attached hydrogen (secondary N) is 2. The number of guanidine groups is 1. The molecule has 2 N–H and O–H groups in total. The molecule has 6 nitrogen and oxygen atoms in total. The summed E-state index contributed by atoms with van der Waals surface area (Å²) in [7, 11) is 0. The molecule has 114 valence electrons. The normalized spacial score (nSPS) is 15.1. The monoisotopic (exact) mass is 392 g/mol. The Hall–Kier alpha value is -0.860. The second kappa shape index (κ2) is 8.43. The molecule has 0 aliphatic heterocycles. The van der Waals surface area contributed by atoms with E-state index in [0.717, 1.165) is 31.3 Å². The molecular weight excluding hydrogens is 367 g/mol. The van der Waals surface area contributed by atoms with Gasteiger partial charge in [-0.25, -0.2) is 0 Å². The first-order valence-electron chi connectivity index (χ1n) is 7.13. The number of nitrogens with zero attached hydrogens (tertiary/aromatic N) is 4. The van der Waals surface area contributed by atoms with Crippen molar-refractivity contribution >= 4 is 29.9 Å². The fraction of sp³-hybridized carbons (Fsp3) is 0.769. The molecule has 7 heteroatoms. The highest BCUT2D eigenvalue weighted by Gasteiger charge is 2.22. The van der Waals surface area contributed by atoms with Gasteiger partial charge in [0.25, 0.3) is 0 Å². The van der Waals surface area contributed by atoms with Gasteiger partial charge in [0, 0.05) is 25.0 Å². The van der Waals surface area contributed by atoms with E-state index in [-0.39, 0.29) is 24.0 Å². The van der Waals surface area contributed by atoms with Crippen LogP contribution in [0.2, 0.25) is 0 Å². The van der Waals surface area contributed by atoms with E-state index in [9.17, 15) is 0 Å². The van der Waals surface area contributed by atoms with Crippen molar-refractivity contribution < 1.29 is 0 Å². The predicted octanol–water partition coefficient (Wildman–Crippen LogP) is 1.56. The van der Waals surface area contributed by atoms with Crippen LogP contribution in [0, 0.1) is 0 Å². The molecule has 0 saturated heterocycles. The van der Waals surface area contributed by atoms with Crippen LogP contribution >= 0.6 is 24.0 Å². The molecule has 0 amide bonds. The fourth-order valence-electron chi connectivity index (χ4n) is 1.84. The first kappa shape index (κ1) is 17.2. The zero-order valence-corrected chi connectivity index (χ0v) is 14.8. The second-order valence-corrected chi connectivity index (χ2v) is 5.24. The van der Waals surface area contributed by atoms with Crippen LogP contribution in [0.1, 0.15) is 39.4 Å². The average Bonchev–Trinajstić information content (AvgIpc) is 3.05. The van der Waals surface area contributed by atoms with Gasteiger partial charge in [-0.3, -0.25) is 4.99 Å². The van der Waals surface area contributed by atoms with E-state index in [1.807, 2.05) is 0 Å². The number of rotatable bonds is 6. The molecule has 1 aromatic heterocycles. The van der Waals surface area contributed by atoms with Crippen LogP contribution in [0.4, 0.5) is 0 Å². The first-order valence-corrected chi connectivity index (χ1v) is 7.13. The molecule has 20 heavy (non-hydrogen) atoms. The molecule has 1 heterocycles. The maximum Gasteiger partial charge on any atom is 0.191 e. The Morgan fingerprint density at radius 3 is 2.85 bits per heavy atom. The molecule has 1 fully saturated rings. The Balaban J connectivity index is 0.00000200. The van der Waals surface area contributed by atoms with Crippen molar-refractivity contribution in [3.63, 3.8) is 0 Å². The molecule has 1 aliphatic carbocycles. The maximum atomic E-state index is 4.61. The van der Waals surface area contributed by atoms with Gasteiger partial charge in [-0.15, -0.1) is 34.2 Å². The Labute approximate surface area is 137 Å². The van der Waals surface area contributed by atoms with Crippen molar-refractivity contribution in [1.29, 1.82) is 0 Å². The molecule has 0 bridgehead atoms. The predicted molar refractivity (Wildman–Crippen MR) is 91.5 cm³/mol. The third-order valence-corrected chi connectivity index (χ3v) is 2.97. The lowest BCUT2D eigenvalue weighted by Gasteiger charge is -2.14. The SMILES string of the molecule is CCc1nncn1CCN=C(NC(C)C)NC1CC1.I. The van der Waals surface area contributed by atoms with E-state index in [4.69, 9.17) is 0 Å². The molecule has 1 aromatic rings. The van der Waals surface area contributed by atoms with Gasteiger partial charge in [-0.1, -0.05) is 6.92 Å². The Morgan fingerprint density at radius 1 is 1.50 bits per heavy atom.